The van der Waals surface area contributed by atoms with Gasteiger partial charge in [-0.3, -0.25) is 10.1 Å². The van der Waals surface area contributed by atoms with Gasteiger partial charge >= 0.3 is 6.03 Å². The first-order valence-corrected chi connectivity index (χ1v) is 8.23. The fourth-order valence-electron chi connectivity index (χ4n) is 1.73. The smallest absolute Gasteiger partial charge is 0.308 e. The van der Waals surface area contributed by atoms with Gasteiger partial charge in [-0.05, 0) is 49.2 Å². The van der Waals surface area contributed by atoms with Gasteiger partial charge in [-0.15, -0.1) is 0 Å². The largest absolute Gasteiger partial charge is 0.325 e. The molecular weight excluding hydrogens is 334 g/mol. The average molecular weight is 350 g/mol. The topological polar surface area (TPSA) is 71.1 Å². The Labute approximate surface area is 143 Å². The predicted octanol–water partition coefficient (Wildman–Crippen LogP) is 3.79. The van der Waals surface area contributed by atoms with Crippen LogP contribution in [-0.4, -0.2) is 22.7 Å². The lowest BCUT2D eigenvalue weighted by Gasteiger charge is -2.08. The lowest BCUT2D eigenvalue weighted by atomic mass is 10.1. The van der Waals surface area contributed by atoms with Gasteiger partial charge in [0.05, 0.1) is 15.8 Å². The number of carbonyl (C=O) groups is 2. The third-order valence-corrected chi connectivity index (χ3v) is 4.24. The van der Waals surface area contributed by atoms with Gasteiger partial charge in [-0.2, -0.15) is 0 Å². The standard InChI is InChI=1S/C16H16ClN3O2S/c1-10-3-5-13(7-11(10)2)19-16(22)20-14(21)9-23-15-6-4-12(17)8-18-15/h3-8H,9H2,1-2H3,(H2,19,20,21,22). The molecule has 1 aromatic heterocycles. The quantitative estimate of drug-likeness (QED) is 0.824. The number of amides is 3. The third-order valence-electron chi connectivity index (χ3n) is 3.07. The van der Waals surface area contributed by atoms with Crippen molar-refractivity contribution in [3.05, 3.63) is 52.7 Å². The molecule has 3 amide bonds. The summed E-state index contributed by atoms with van der Waals surface area (Å²) in [6.07, 6.45) is 1.51. The summed E-state index contributed by atoms with van der Waals surface area (Å²) in [5.41, 5.74) is 2.85. The fraction of sp³-hybridized carbons (Fsp3) is 0.188. The van der Waals surface area contributed by atoms with Gasteiger partial charge in [-0.1, -0.05) is 29.4 Å². The second-order valence-electron chi connectivity index (χ2n) is 4.90. The molecule has 0 fully saturated rings. The molecule has 0 unspecified atom stereocenters. The summed E-state index contributed by atoms with van der Waals surface area (Å²) in [5.74, 6) is -0.303. The van der Waals surface area contributed by atoms with Gasteiger partial charge < -0.3 is 5.32 Å². The van der Waals surface area contributed by atoms with Crippen LogP contribution in [0.3, 0.4) is 0 Å². The molecule has 0 bridgehead atoms. The van der Waals surface area contributed by atoms with Crippen molar-refractivity contribution >= 4 is 41.0 Å². The molecule has 2 N–H and O–H groups in total. The summed E-state index contributed by atoms with van der Waals surface area (Å²) < 4.78 is 0. The van der Waals surface area contributed by atoms with Crippen molar-refractivity contribution in [1.82, 2.24) is 10.3 Å². The summed E-state index contributed by atoms with van der Waals surface area (Å²) in [6, 6.07) is 8.42. The molecule has 0 spiro atoms. The van der Waals surface area contributed by atoms with Crippen LogP contribution in [0.1, 0.15) is 11.1 Å². The van der Waals surface area contributed by atoms with E-state index in [1.807, 2.05) is 26.0 Å². The molecule has 0 aliphatic rings. The zero-order chi connectivity index (χ0) is 16.8. The zero-order valence-corrected chi connectivity index (χ0v) is 14.3. The Morgan fingerprint density at radius 2 is 1.96 bits per heavy atom. The number of aryl methyl sites for hydroxylation is 2. The van der Waals surface area contributed by atoms with Crippen LogP contribution in [-0.2, 0) is 4.79 Å². The van der Waals surface area contributed by atoms with Crippen molar-refractivity contribution in [2.45, 2.75) is 18.9 Å². The zero-order valence-electron chi connectivity index (χ0n) is 12.7. The normalized spacial score (nSPS) is 10.2. The molecule has 0 radical (unpaired) electrons. The molecule has 0 aliphatic carbocycles. The van der Waals surface area contributed by atoms with Gasteiger partial charge in [-0.25, -0.2) is 9.78 Å². The summed E-state index contributed by atoms with van der Waals surface area (Å²) in [7, 11) is 0. The van der Waals surface area contributed by atoms with Crippen LogP contribution in [0.15, 0.2) is 41.6 Å². The summed E-state index contributed by atoms with van der Waals surface area (Å²) in [6.45, 7) is 3.95. The number of benzene rings is 1. The van der Waals surface area contributed by atoms with E-state index in [4.69, 9.17) is 11.6 Å². The number of urea groups is 1. The van der Waals surface area contributed by atoms with E-state index in [1.165, 1.54) is 18.0 Å². The first-order chi connectivity index (χ1) is 10.9. The van der Waals surface area contributed by atoms with Gasteiger partial charge in [0, 0.05) is 11.9 Å². The van der Waals surface area contributed by atoms with E-state index in [0.29, 0.717) is 15.7 Å². The predicted molar refractivity (Wildman–Crippen MR) is 93.0 cm³/mol. The molecule has 2 rings (SSSR count). The number of hydrogen-bond donors (Lipinski definition) is 2. The molecule has 0 aliphatic heterocycles. The van der Waals surface area contributed by atoms with Crippen molar-refractivity contribution in [3.63, 3.8) is 0 Å². The highest BCUT2D eigenvalue weighted by atomic mass is 35.5. The maximum Gasteiger partial charge on any atom is 0.325 e. The number of carbonyl (C=O) groups excluding carboxylic acids is 2. The van der Waals surface area contributed by atoms with Gasteiger partial charge in [0.1, 0.15) is 0 Å². The minimum absolute atomic E-state index is 0.0922. The van der Waals surface area contributed by atoms with Gasteiger partial charge in [0.15, 0.2) is 0 Å². The molecule has 0 atom stereocenters. The number of hydrogen-bond acceptors (Lipinski definition) is 4. The van der Waals surface area contributed by atoms with Gasteiger partial charge in [0.2, 0.25) is 5.91 Å². The van der Waals surface area contributed by atoms with Crippen LogP contribution in [0.2, 0.25) is 5.02 Å². The van der Waals surface area contributed by atoms with Gasteiger partial charge in [0.25, 0.3) is 0 Å². The lowest BCUT2D eigenvalue weighted by molar-refractivity contribution is -0.117. The van der Waals surface area contributed by atoms with Crippen LogP contribution in [0.25, 0.3) is 0 Å². The first kappa shape index (κ1) is 17.3. The second-order valence-corrected chi connectivity index (χ2v) is 6.34. The van der Waals surface area contributed by atoms with Crippen molar-refractivity contribution < 1.29 is 9.59 Å². The first-order valence-electron chi connectivity index (χ1n) is 6.86. The number of halogens is 1. The Bertz CT molecular complexity index is 720. The molecule has 5 nitrogen and oxygen atoms in total. The third kappa shape index (κ3) is 5.58. The minimum atomic E-state index is -0.553. The maximum atomic E-state index is 11.8. The number of nitrogens with one attached hydrogen (secondary N) is 2. The van der Waals surface area contributed by atoms with Crippen LogP contribution in [0, 0.1) is 13.8 Å². The van der Waals surface area contributed by atoms with Crippen molar-refractivity contribution in [2.24, 2.45) is 0 Å². The highest BCUT2D eigenvalue weighted by molar-refractivity contribution is 7.99. The van der Waals surface area contributed by atoms with E-state index in [9.17, 15) is 9.59 Å². The van der Waals surface area contributed by atoms with E-state index in [0.717, 1.165) is 11.1 Å². The summed E-state index contributed by atoms with van der Waals surface area (Å²) >= 11 is 6.97. The summed E-state index contributed by atoms with van der Waals surface area (Å²) in [5, 5.41) is 6.11. The maximum absolute atomic E-state index is 11.8. The molecule has 0 saturated carbocycles. The number of aromatic nitrogens is 1. The van der Waals surface area contributed by atoms with E-state index >= 15 is 0 Å². The molecule has 7 heteroatoms. The van der Waals surface area contributed by atoms with Crippen molar-refractivity contribution in [2.75, 3.05) is 11.1 Å². The van der Waals surface area contributed by atoms with Crippen molar-refractivity contribution in [1.29, 1.82) is 0 Å². The Balaban J connectivity index is 1.81. The van der Waals surface area contributed by atoms with E-state index < -0.39 is 11.9 Å². The van der Waals surface area contributed by atoms with Crippen LogP contribution >= 0.6 is 23.4 Å². The lowest BCUT2D eigenvalue weighted by Crippen LogP contribution is -2.35. The number of anilines is 1. The monoisotopic (exact) mass is 349 g/mol. The number of rotatable bonds is 4. The number of nitrogens with zero attached hydrogens (tertiary/aromatic N) is 1. The Kier molecular flexibility index (Phi) is 6.01. The van der Waals surface area contributed by atoms with E-state index in [-0.39, 0.29) is 5.75 Å². The Hall–Kier alpha value is -2.05. The fourth-order valence-corrected chi connectivity index (χ4v) is 2.49. The molecule has 2 aromatic rings. The second kappa shape index (κ2) is 7.99. The molecule has 1 heterocycles. The van der Waals surface area contributed by atoms with Crippen LogP contribution in [0.4, 0.5) is 10.5 Å². The average Bonchev–Trinajstić information content (AvgIpc) is 2.50. The molecule has 1 aromatic carbocycles. The molecule has 0 saturated heterocycles. The number of imide groups is 1. The van der Waals surface area contributed by atoms with Crippen molar-refractivity contribution in [3.8, 4) is 0 Å². The van der Waals surface area contributed by atoms with E-state index in [2.05, 4.69) is 15.6 Å². The molecule has 120 valence electrons. The summed E-state index contributed by atoms with van der Waals surface area (Å²) in [4.78, 5) is 27.6. The van der Waals surface area contributed by atoms with Crippen LogP contribution in [0.5, 0.6) is 0 Å². The Morgan fingerprint density at radius 1 is 1.17 bits per heavy atom. The highest BCUT2D eigenvalue weighted by Gasteiger charge is 2.09. The SMILES string of the molecule is Cc1ccc(NC(=O)NC(=O)CSc2ccc(Cl)cn2)cc1C. The number of thioether (sulfide) groups is 1. The highest BCUT2D eigenvalue weighted by Crippen LogP contribution is 2.17. The Morgan fingerprint density at radius 3 is 2.61 bits per heavy atom. The molecule has 23 heavy (non-hydrogen) atoms. The van der Waals surface area contributed by atoms with Crippen LogP contribution < -0.4 is 10.6 Å². The molecular formula is C16H16ClN3O2S. The van der Waals surface area contributed by atoms with E-state index in [1.54, 1.807) is 18.2 Å². The number of pyridine rings is 1. The minimum Gasteiger partial charge on any atom is -0.308 e.